The molecule has 0 spiro atoms. The Kier molecular flexibility index (Phi) is 7.22. The van der Waals surface area contributed by atoms with E-state index in [1.807, 2.05) is 45.0 Å². The average Bonchev–Trinajstić information content (AvgIpc) is 3.17. The quantitative estimate of drug-likeness (QED) is 0.323. The summed E-state index contributed by atoms with van der Waals surface area (Å²) in [5, 5.41) is 0.910. The molecule has 0 fully saturated rings. The molecule has 4 rings (SSSR count). The van der Waals surface area contributed by atoms with E-state index in [0.29, 0.717) is 44.5 Å². The van der Waals surface area contributed by atoms with Crippen molar-refractivity contribution in [2.75, 3.05) is 13.1 Å². The zero-order valence-electron chi connectivity index (χ0n) is 19.9. The summed E-state index contributed by atoms with van der Waals surface area (Å²) >= 11 is 13.5. The molecule has 0 atom stereocenters. The normalized spacial score (nSPS) is 11.3. The lowest BCUT2D eigenvalue weighted by molar-refractivity contribution is 0.0777. The van der Waals surface area contributed by atoms with Crippen molar-refractivity contribution < 1.29 is 4.79 Å². The van der Waals surface area contributed by atoms with E-state index in [1.54, 1.807) is 28.5 Å². The highest BCUT2D eigenvalue weighted by Gasteiger charge is 2.26. The first-order valence-corrected chi connectivity index (χ1v) is 12.8. The molecule has 6 nitrogen and oxygen atoms in total. The third-order valence-electron chi connectivity index (χ3n) is 6.04. The molecule has 0 unspecified atom stereocenters. The van der Waals surface area contributed by atoms with Crippen LogP contribution >= 0.6 is 34.5 Å². The molecule has 0 saturated heterocycles. The van der Waals surface area contributed by atoms with Crippen molar-refractivity contribution in [3.8, 4) is 5.69 Å². The number of amides is 1. The van der Waals surface area contributed by atoms with Gasteiger partial charge < -0.3 is 4.90 Å². The Labute approximate surface area is 216 Å². The molecule has 35 heavy (non-hydrogen) atoms. The van der Waals surface area contributed by atoms with Gasteiger partial charge in [0.25, 0.3) is 11.5 Å². The fourth-order valence-electron chi connectivity index (χ4n) is 4.19. The lowest BCUT2D eigenvalue weighted by Gasteiger charge is -2.17. The van der Waals surface area contributed by atoms with Crippen LogP contribution < -0.4 is 11.2 Å². The second kappa shape index (κ2) is 10.0. The molecule has 2 heterocycles. The van der Waals surface area contributed by atoms with Gasteiger partial charge in [-0.3, -0.25) is 14.2 Å². The summed E-state index contributed by atoms with van der Waals surface area (Å²) in [5.74, 6) is -0.149. The SMILES string of the molecule is CCN(CC)C(=O)c1sc2c(c1C)c(=O)n(-c1ccc(Cl)c(Cl)c1)c(=O)n2Cc1cccc(C)c1. The number of aryl methyl sites for hydroxylation is 2. The highest BCUT2D eigenvalue weighted by Crippen LogP contribution is 2.30. The van der Waals surface area contributed by atoms with Crippen LogP contribution in [0.2, 0.25) is 10.0 Å². The number of hydrogen-bond acceptors (Lipinski definition) is 4. The van der Waals surface area contributed by atoms with Crippen LogP contribution in [0.1, 0.15) is 40.2 Å². The number of rotatable bonds is 6. The van der Waals surface area contributed by atoms with Crippen LogP contribution in [0, 0.1) is 13.8 Å². The predicted molar refractivity (Wildman–Crippen MR) is 144 cm³/mol. The Morgan fingerprint density at radius 3 is 2.34 bits per heavy atom. The average molecular weight is 530 g/mol. The molecule has 0 aliphatic heterocycles. The first-order valence-electron chi connectivity index (χ1n) is 11.3. The van der Waals surface area contributed by atoms with Gasteiger partial charge in [-0.25, -0.2) is 9.36 Å². The fourth-order valence-corrected chi connectivity index (χ4v) is 5.74. The number of halogens is 2. The molecule has 0 bridgehead atoms. The van der Waals surface area contributed by atoms with Crippen molar-refractivity contribution in [1.82, 2.24) is 14.0 Å². The van der Waals surface area contributed by atoms with Gasteiger partial charge in [-0.2, -0.15) is 0 Å². The molecule has 0 saturated carbocycles. The van der Waals surface area contributed by atoms with E-state index < -0.39 is 11.2 Å². The van der Waals surface area contributed by atoms with E-state index in [0.717, 1.165) is 15.7 Å². The zero-order valence-corrected chi connectivity index (χ0v) is 22.2. The standard InChI is InChI=1S/C26H25Cl2N3O3S/c1-5-29(6-2)24(33)22-16(4)21-23(32)31(18-10-11-19(27)20(28)13-18)26(34)30(25(21)35-22)14-17-9-7-8-15(3)12-17/h7-13H,5-6,14H2,1-4H3. The molecule has 1 amide bonds. The van der Waals surface area contributed by atoms with Gasteiger partial charge in [0.15, 0.2) is 0 Å². The van der Waals surface area contributed by atoms with E-state index in [-0.39, 0.29) is 17.5 Å². The molecule has 2 aromatic heterocycles. The Morgan fingerprint density at radius 2 is 1.71 bits per heavy atom. The van der Waals surface area contributed by atoms with E-state index in [9.17, 15) is 14.4 Å². The molecule has 0 radical (unpaired) electrons. The summed E-state index contributed by atoms with van der Waals surface area (Å²) in [5.41, 5.74) is 1.86. The van der Waals surface area contributed by atoms with Crippen LogP contribution in [-0.2, 0) is 6.54 Å². The van der Waals surface area contributed by atoms with Crippen LogP contribution in [0.3, 0.4) is 0 Å². The van der Waals surface area contributed by atoms with Crippen molar-refractivity contribution in [2.24, 2.45) is 0 Å². The molecule has 4 aromatic rings. The highest BCUT2D eigenvalue weighted by atomic mass is 35.5. The molecule has 182 valence electrons. The van der Waals surface area contributed by atoms with Gasteiger partial charge in [-0.1, -0.05) is 53.0 Å². The second-order valence-corrected chi connectivity index (χ2v) is 10.1. The maximum atomic E-state index is 13.8. The first-order chi connectivity index (χ1) is 16.7. The van der Waals surface area contributed by atoms with Gasteiger partial charge in [0.2, 0.25) is 0 Å². The molecule has 2 aromatic carbocycles. The topological polar surface area (TPSA) is 64.3 Å². The first kappa shape index (κ1) is 25.2. The van der Waals surface area contributed by atoms with Crippen LogP contribution in [0.25, 0.3) is 15.9 Å². The van der Waals surface area contributed by atoms with Crippen molar-refractivity contribution in [3.63, 3.8) is 0 Å². The summed E-state index contributed by atoms with van der Waals surface area (Å²) < 4.78 is 2.66. The lowest BCUT2D eigenvalue weighted by atomic mass is 10.1. The van der Waals surface area contributed by atoms with Crippen LogP contribution in [0.15, 0.2) is 52.1 Å². The summed E-state index contributed by atoms with van der Waals surface area (Å²) in [6.07, 6.45) is 0. The third-order valence-corrected chi connectivity index (χ3v) is 8.08. The molecule has 9 heteroatoms. The number of aromatic nitrogens is 2. The van der Waals surface area contributed by atoms with E-state index in [2.05, 4.69) is 0 Å². The van der Waals surface area contributed by atoms with Crippen molar-refractivity contribution in [1.29, 1.82) is 0 Å². The lowest BCUT2D eigenvalue weighted by Crippen LogP contribution is -2.39. The second-order valence-electron chi connectivity index (χ2n) is 8.31. The van der Waals surface area contributed by atoms with E-state index >= 15 is 0 Å². The highest BCUT2D eigenvalue weighted by molar-refractivity contribution is 7.20. The van der Waals surface area contributed by atoms with Gasteiger partial charge in [-0.05, 0) is 57.0 Å². The Hall–Kier alpha value is -2.87. The number of fused-ring (bicyclic) bond motifs is 1. The molecular formula is C26H25Cl2N3O3S. The maximum Gasteiger partial charge on any atom is 0.337 e. The van der Waals surface area contributed by atoms with Crippen LogP contribution in [0.4, 0.5) is 0 Å². The molecule has 0 aliphatic rings. The summed E-state index contributed by atoms with van der Waals surface area (Å²) in [6.45, 7) is 8.91. The monoisotopic (exact) mass is 529 g/mol. The van der Waals surface area contributed by atoms with Gasteiger partial charge in [-0.15, -0.1) is 11.3 Å². The fraction of sp³-hybridized carbons (Fsp3) is 0.269. The minimum Gasteiger partial charge on any atom is -0.338 e. The van der Waals surface area contributed by atoms with Gasteiger partial charge in [0, 0.05) is 13.1 Å². The zero-order chi connectivity index (χ0) is 25.4. The number of carbonyl (C=O) groups excluding carboxylic acids is 1. The summed E-state index contributed by atoms with van der Waals surface area (Å²) in [6, 6.07) is 12.5. The van der Waals surface area contributed by atoms with E-state index in [4.69, 9.17) is 23.2 Å². The largest absolute Gasteiger partial charge is 0.338 e. The molecule has 0 aliphatic carbocycles. The van der Waals surface area contributed by atoms with Crippen molar-refractivity contribution in [3.05, 3.63) is 94.9 Å². The maximum absolute atomic E-state index is 13.8. The van der Waals surface area contributed by atoms with Crippen LogP contribution in [0.5, 0.6) is 0 Å². The number of carbonyl (C=O) groups is 1. The molecular weight excluding hydrogens is 505 g/mol. The number of hydrogen-bond donors (Lipinski definition) is 0. The van der Waals surface area contributed by atoms with Crippen molar-refractivity contribution >= 4 is 50.7 Å². The van der Waals surface area contributed by atoms with E-state index in [1.165, 1.54) is 17.4 Å². The molecule has 0 N–H and O–H groups in total. The minimum absolute atomic E-state index is 0.149. The Balaban J connectivity index is 2.07. The van der Waals surface area contributed by atoms with Crippen molar-refractivity contribution in [2.45, 2.75) is 34.2 Å². The minimum atomic E-state index is -0.509. The van der Waals surface area contributed by atoms with Gasteiger partial charge in [0.1, 0.15) is 4.83 Å². The third kappa shape index (κ3) is 4.56. The number of benzene rings is 2. The van der Waals surface area contributed by atoms with Gasteiger partial charge >= 0.3 is 5.69 Å². The van der Waals surface area contributed by atoms with Gasteiger partial charge in [0.05, 0.1) is 32.5 Å². The summed E-state index contributed by atoms with van der Waals surface area (Å²) in [7, 11) is 0. The predicted octanol–water partition coefficient (Wildman–Crippen LogP) is 5.67. The number of nitrogens with zero attached hydrogens (tertiary/aromatic N) is 3. The Morgan fingerprint density at radius 1 is 1.00 bits per heavy atom. The summed E-state index contributed by atoms with van der Waals surface area (Å²) in [4.78, 5) is 43.4. The van der Waals surface area contributed by atoms with Crippen LogP contribution in [-0.4, -0.2) is 33.0 Å². The number of thiophene rings is 1. The smallest absolute Gasteiger partial charge is 0.337 e. The Bertz CT molecular complexity index is 1560.